The maximum atomic E-state index is 5.48. The summed E-state index contributed by atoms with van der Waals surface area (Å²) < 4.78 is 1.14. The minimum absolute atomic E-state index is 0.683. The van der Waals surface area contributed by atoms with Gasteiger partial charge in [-0.1, -0.05) is 45.2 Å². The van der Waals surface area contributed by atoms with Gasteiger partial charge in [-0.2, -0.15) is 0 Å². The van der Waals surface area contributed by atoms with Gasteiger partial charge in [0.05, 0.1) is 5.02 Å². The van der Waals surface area contributed by atoms with Crippen LogP contribution in [0.2, 0.25) is 5.02 Å². The van der Waals surface area contributed by atoms with Gasteiger partial charge in [-0.25, -0.2) is 0 Å². The molecule has 0 atom stereocenters. The Hall–Kier alpha value is -0.860. The molecule has 0 saturated carbocycles. The zero-order valence-electron chi connectivity index (χ0n) is 8.32. The van der Waals surface area contributed by atoms with Crippen LogP contribution in [0.4, 0.5) is 0 Å². The van der Waals surface area contributed by atoms with E-state index in [1.54, 1.807) is 24.5 Å². The molecule has 0 bridgehead atoms. The summed E-state index contributed by atoms with van der Waals surface area (Å²) in [7, 11) is 0. The van der Waals surface area contributed by atoms with E-state index in [1.807, 2.05) is 12.1 Å². The summed E-state index contributed by atoms with van der Waals surface area (Å²) in [6.45, 7) is 2.08. The molecule has 0 saturated heterocycles. The average Bonchev–Trinajstić information content (AvgIpc) is 2.25. The molecule has 0 unspecified atom stereocenters. The number of aryl methyl sites for hydroxylation is 1. The summed E-state index contributed by atoms with van der Waals surface area (Å²) in [6, 6.07) is 11.8. The highest BCUT2D eigenvalue weighted by Crippen LogP contribution is 2.08. The highest BCUT2D eigenvalue weighted by atomic mass is 79.9. The predicted molar refractivity (Wildman–Crippen MR) is 68.1 cm³/mol. The van der Waals surface area contributed by atoms with Crippen LogP contribution in [0.1, 0.15) is 5.56 Å². The molecule has 0 aliphatic heterocycles. The van der Waals surface area contributed by atoms with Crippen LogP contribution in [-0.4, -0.2) is 4.98 Å². The van der Waals surface area contributed by atoms with Crippen molar-refractivity contribution in [2.24, 2.45) is 0 Å². The second-order valence-corrected chi connectivity index (χ2v) is 4.32. The number of hydrogen-bond acceptors (Lipinski definition) is 1. The van der Waals surface area contributed by atoms with Crippen molar-refractivity contribution in [3.63, 3.8) is 0 Å². The van der Waals surface area contributed by atoms with Gasteiger partial charge in [0.2, 0.25) is 0 Å². The van der Waals surface area contributed by atoms with E-state index in [2.05, 4.69) is 40.0 Å². The molecular weight excluding hydrogens is 273 g/mol. The van der Waals surface area contributed by atoms with Gasteiger partial charge < -0.3 is 0 Å². The molecule has 0 aliphatic rings. The molecule has 0 spiro atoms. The second-order valence-electron chi connectivity index (χ2n) is 2.97. The third-order valence-corrected chi connectivity index (χ3v) is 2.39. The molecule has 0 amide bonds. The molecule has 1 heterocycles. The Balaban J connectivity index is 0.000000151. The van der Waals surface area contributed by atoms with Crippen molar-refractivity contribution < 1.29 is 0 Å². The normalized spacial score (nSPS) is 9.00. The van der Waals surface area contributed by atoms with Crippen LogP contribution in [0.25, 0.3) is 0 Å². The first-order valence-corrected chi connectivity index (χ1v) is 5.63. The van der Waals surface area contributed by atoms with Gasteiger partial charge in [-0.15, -0.1) is 0 Å². The molecule has 3 heteroatoms. The summed E-state index contributed by atoms with van der Waals surface area (Å²) in [5.41, 5.74) is 1.30. The summed E-state index contributed by atoms with van der Waals surface area (Å²) in [4.78, 5) is 3.75. The van der Waals surface area contributed by atoms with Crippen molar-refractivity contribution in [2.75, 3.05) is 0 Å². The molecule has 78 valence electrons. The lowest BCUT2D eigenvalue weighted by Gasteiger charge is -1.88. The summed E-state index contributed by atoms with van der Waals surface area (Å²) in [5, 5.41) is 0.683. The SMILES string of the molecule is Cc1ccc(Br)cc1.Clc1cccnc1. The quantitative estimate of drug-likeness (QED) is 0.694. The van der Waals surface area contributed by atoms with Gasteiger partial charge in [-0.3, -0.25) is 4.98 Å². The Morgan fingerprint density at radius 3 is 2.13 bits per heavy atom. The Kier molecular flexibility index (Phi) is 5.37. The van der Waals surface area contributed by atoms with Crippen LogP contribution in [0.3, 0.4) is 0 Å². The molecule has 1 nitrogen and oxygen atoms in total. The van der Waals surface area contributed by atoms with Crippen molar-refractivity contribution in [3.8, 4) is 0 Å². The highest BCUT2D eigenvalue weighted by Gasteiger charge is 1.81. The van der Waals surface area contributed by atoms with Gasteiger partial charge in [0.15, 0.2) is 0 Å². The van der Waals surface area contributed by atoms with Crippen LogP contribution in [0.15, 0.2) is 53.3 Å². The van der Waals surface area contributed by atoms with Crippen LogP contribution in [0, 0.1) is 6.92 Å². The molecule has 0 fully saturated rings. The zero-order chi connectivity index (χ0) is 11.1. The molecule has 0 N–H and O–H groups in total. The number of rotatable bonds is 0. The summed E-state index contributed by atoms with van der Waals surface area (Å²) in [6.07, 6.45) is 3.29. The fraction of sp³-hybridized carbons (Fsp3) is 0.0833. The van der Waals surface area contributed by atoms with E-state index >= 15 is 0 Å². The first-order chi connectivity index (χ1) is 7.18. The summed E-state index contributed by atoms with van der Waals surface area (Å²) in [5.74, 6) is 0. The molecule has 1 aromatic carbocycles. The van der Waals surface area contributed by atoms with Crippen molar-refractivity contribution in [1.82, 2.24) is 4.98 Å². The number of hydrogen-bond donors (Lipinski definition) is 0. The number of nitrogens with zero attached hydrogens (tertiary/aromatic N) is 1. The van der Waals surface area contributed by atoms with E-state index in [1.165, 1.54) is 5.56 Å². The lowest BCUT2D eigenvalue weighted by molar-refractivity contribution is 1.33. The van der Waals surface area contributed by atoms with Crippen molar-refractivity contribution in [2.45, 2.75) is 6.92 Å². The fourth-order valence-corrected chi connectivity index (χ4v) is 1.27. The van der Waals surface area contributed by atoms with Gasteiger partial charge in [0, 0.05) is 16.9 Å². The molecule has 0 radical (unpaired) electrons. The number of pyridine rings is 1. The van der Waals surface area contributed by atoms with Crippen molar-refractivity contribution >= 4 is 27.5 Å². The van der Waals surface area contributed by atoms with Crippen LogP contribution < -0.4 is 0 Å². The van der Waals surface area contributed by atoms with Gasteiger partial charge >= 0.3 is 0 Å². The lowest BCUT2D eigenvalue weighted by Crippen LogP contribution is -1.66. The summed E-state index contributed by atoms with van der Waals surface area (Å²) >= 11 is 8.82. The first kappa shape index (κ1) is 12.2. The number of aromatic nitrogens is 1. The maximum Gasteiger partial charge on any atom is 0.0589 e. The Labute approximate surface area is 103 Å². The van der Waals surface area contributed by atoms with Gasteiger partial charge in [0.1, 0.15) is 0 Å². The smallest absolute Gasteiger partial charge is 0.0589 e. The molecule has 1 aromatic heterocycles. The standard InChI is InChI=1S/C7H7Br.C5H4ClN/c1-6-2-4-7(8)5-3-6;6-5-2-1-3-7-4-5/h2-5H,1H3;1-4H. The van der Waals surface area contributed by atoms with Gasteiger partial charge in [0.25, 0.3) is 0 Å². The van der Waals surface area contributed by atoms with E-state index < -0.39 is 0 Å². The minimum Gasteiger partial charge on any atom is -0.263 e. The minimum atomic E-state index is 0.683. The van der Waals surface area contributed by atoms with Crippen LogP contribution in [-0.2, 0) is 0 Å². The van der Waals surface area contributed by atoms with E-state index in [4.69, 9.17) is 11.6 Å². The fourth-order valence-electron chi connectivity index (χ4n) is 0.875. The van der Waals surface area contributed by atoms with E-state index in [9.17, 15) is 0 Å². The monoisotopic (exact) mass is 283 g/mol. The topological polar surface area (TPSA) is 12.9 Å². The Bertz CT molecular complexity index is 365. The van der Waals surface area contributed by atoms with Crippen LogP contribution >= 0.6 is 27.5 Å². The highest BCUT2D eigenvalue weighted by molar-refractivity contribution is 9.10. The third kappa shape index (κ3) is 5.55. The first-order valence-electron chi connectivity index (χ1n) is 4.46. The van der Waals surface area contributed by atoms with Crippen LogP contribution in [0.5, 0.6) is 0 Å². The van der Waals surface area contributed by atoms with E-state index in [0.717, 1.165) is 4.47 Å². The number of halogens is 2. The lowest BCUT2D eigenvalue weighted by atomic mass is 10.2. The Morgan fingerprint density at radius 1 is 1.13 bits per heavy atom. The number of benzene rings is 1. The molecule has 2 rings (SSSR count). The molecular formula is C12H11BrClN. The van der Waals surface area contributed by atoms with Crippen molar-refractivity contribution in [3.05, 3.63) is 63.9 Å². The Morgan fingerprint density at radius 2 is 1.80 bits per heavy atom. The van der Waals surface area contributed by atoms with E-state index in [-0.39, 0.29) is 0 Å². The zero-order valence-corrected chi connectivity index (χ0v) is 10.7. The second kappa shape index (κ2) is 6.59. The largest absolute Gasteiger partial charge is 0.263 e. The van der Waals surface area contributed by atoms with Gasteiger partial charge in [-0.05, 0) is 31.2 Å². The van der Waals surface area contributed by atoms with E-state index in [0.29, 0.717) is 5.02 Å². The molecule has 2 aromatic rings. The van der Waals surface area contributed by atoms with Crippen molar-refractivity contribution in [1.29, 1.82) is 0 Å². The molecule has 15 heavy (non-hydrogen) atoms. The average molecular weight is 285 g/mol. The third-order valence-electron chi connectivity index (χ3n) is 1.64. The predicted octanol–water partition coefficient (Wildman–Crippen LogP) is 4.49. The maximum absolute atomic E-state index is 5.48. The molecule has 0 aliphatic carbocycles.